The highest BCUT2D eigenvalue weighted by Crippen LogP contribution is 2.25. The van der Waals surface area contributed by atoms with Gasteiger partial charge in [-0.05, 0) is 43.5 Å². The van der Waals surface area contributed by atoms with Crippen molar-refractivity contribution < 1.29 is 0 Å². The molecule has 0 aromatic heterocycles. The van der Waals surface area contributed by atoms with Crippen molar-refractivity contribution in [1.29, 1.82) is 0 Å². The van der Waals surface area contributed by atoms with Gasteiger partial charge >= 0.3 is 0 Å². The van der Waals surface area contributed by atoms with Crippen LogP contribution in [0, 0.1) is 5.92 Å². The second-order valence-corrected chi connectivity index (χ2v) is 6.38. The summed E-state index contributed by atoms with van der Waals surface area (Å²) in [6.07, 6.45) is 3.04. The van der Waals surface area contributed by atoms with Crippen LogP contribution in [0.1, 0.15) is 13.3 Å². The molecule has 1 aromatic carbocycles. The molecule has 1 aliphatic rings. The third kappa shape index (κ3) is 5.05. The molecule has 1 heterocycles. The molecule has 1 fully saturated rings. The van der Waals surface area contributed by atoms with E-state index in [-0.39, 0.29) is 0 Å². The zero-order chi connectivity index (χ0) is 15.8. The van der Waals surface area contributed by atoms with Crippen LogP contribution in [0.15, 0.2) is 46.4 Å². The Morgan fingerprint density at radius 2 is 2.18 bits per heavy atom. The first kappa shape index (κ1) is 16.9. The summed E-state index contributed by atoms with van der Waals surface area (Å²) in [4.78, 5) is 7.13. The van der Waals surface area contributed by atoms with Crippen molar-refractivity contribution >= 4 is 27.6 Å². The zero-order valence-corrected chi connectivity index (χ0v) is 14.8. The minimum absolute atomic E-state index is 0.614. The third-order valence-corrected chi connectivity index (χ3v) is 4.27. The van der Waals surface area contributed by atoms with Crippen LogP contribution < -0.4 is 15.5 Å². The number of nitrogens with one attached hydrogen (secondary N) is 2. The summed E-state index contributed by atoms with van der Waals surface area (Å²) in [5.74, 6) is 1.49. The van der Waals surface area contributed by atoms with Crippen LogP contribution in [0.5, 0.6) is 0 Å². The minimum Gasteiger partial charge on any atom is -0.371 e. The fourth-order valence-corrected chi connectivity index (χ4v) is 2.86. The molecule has 22 heavy (non-hydrogen) atoms. The highest BCUT2D eigenvalue weighted by atomic mass is 79.9. The molecule has 1 unspecified atom stereocenters. The first-order valence-corrected chi connectivity index (χ1v) is 8.65. The van der Waals surface area contributed by atoms with E-state index in [1.54, 1.807) is 0 Å². The van der Waals surface area contributed by atoms with Gasteiger partial charge in [0.05, 0.1) is 0 Å². The Bertz CT molecular complexity index is 498. The summed E-state index contributed by atoms with van der Waals surface area (Å²) in [5.41, 5.74) is 1.30. The van der Waals surface area contributed by atoms with Crippen LogP contribution in [-0.2, 0) is 0 Å². The minimum atomic E-state index is 0.614. The van der Waals surface area contributed by atoms with E-state index in [0.717, 1.165) is 43.2 Å². The second-order valence-electron chi connectivity index (χ2n) is 5.47. The zero-order valence-electron chi connectivity index (χ0n) is 13.2. The van der Waals surface area contributed by atoms with Gasteiger partial charge in [0.15, 0.2) is 5.96 Å². The topological polar surface area (TPSA) is 39.7 Å². The van der Waals surface area contributed by atoms with Crippen LogP contribution >= 0.6 is 15.9 Å². The normalized spacial score (nSPS) is 18.4. The second kappa shape index (κ2) is 8.83. The third-order valence-electron chi connectivity index (χ3n) is 3.74. The van der Waals surface area contributed by atoms with E-state index in [4.69, 9.17) is 0 Å². The van der Waals surface area contributed by atoms with Gasteiger partial charge in [-0.2, -0.15) is 0 Å². The van der Waals surface area contributed by atoms with E-state index in [1.165, 1.54) is 12.1 Å². The number of guanidine groups is 1. The molecule has 0 aliphatic carbocycles. The van der Waals surface area contributed by atoms with Crippen molar-refractivity contribution in [3.8, 4) is 0 Å². The molecule has 1 saturated heterocycles. The van der Waals surface area contributed by atoms with Crippen LogP contribution in [0.3, 0.4) is 0 Å². The monoisotopic (exact) mass is 364 g/mol. The maximum absolute atomic E-state index is 4.69. The fraction of sp³-hybridized carbons (Fsp3) is 0.471. The molecule has 0 bridgehead atoms. The Kier molecular flexibility index (Phi) is 6.77. The predicted octanol–water partition coefficient (Wildman–Crippen LogP) is 3.02. The summed E-state index contributed by atoms with van der Waals surface area (Å²) in [6, 6.07) is 8.55. The van der Waals surface area contributed by atoms with E-state index in [2.05, 4.69) is 74.2 Å². The quantitative estimate of drug-likeness (QED) is 0.463. The summed E-state index contributed by atoms with van der Waals surface area (Å²) >= 11 is 3.48. The van der Waals surface area contributed by atoms with Gasteiger partial charge in [0.2, 0.25) is 0 Å². The van der Waals surface area contributed by atoms with E-state index in [1.807, 2.05) is 6.08 Å². The summed E-state index contributed by atoms with van der Waals surface area (Å²) in [5, 5.41) is 6.51. The highest BCUT2D eigenvalue weighted by Gasteiger charge is 2.22. The molecule has 2 rings (SSSR count). The molecular formula is C17H25BrN4. The van der Waals surface area contributed by atoms with Crippen molar-refractivity contribution in [1.82, 2.24) is 10.6 Å². The summed E-state index contributed by atoms with van der Waals surface area (Å²) in [6.45, 7) is 10.5. The number of anilines is 1. The number of rotatable bonds is 6. The molecule has 1 aromatic rings. The molecule has 1 atom stereocenters. The van der Waals surface area contributed by atoms with Gasteiger partial charge in [-0.1, -0.05) is 22.0 Å². The van der Waals surface area contributed by atoms with Gasteiger partial charge in [0.25, 0.3) is 0 Å². The molecule has 0 amide bonds. The average molecular weight is 365 g/mol. The van der Waals surface area contributed by atoms with Crippen molar-refractivity contribution in [3.05, 3.63) is 41.4 Å². The lowest BCUT2D eigenvalue weighted by atomic mass is 10.1. The highest BCUT2D eigenvalue weighted by molar-refractivity contribution is 9.10. The smallest absolute Gasteiger partial charge is 0.191 e. The van der Waals surface area contributed by atoms with E-state index in [0.29, 0.717) is 5.92 Å². The number of nitrogens with zero attached hydrogens (tertiary/aromatic N) is 2. The van der Waals surface area contributed by atoms with Crippen molar-refractivity contribution in [2.24, 2.45) is 10.9 Å². The van der Waals surface area contributed by atoms with E-state index in [9.17, 15) is 0 Å². The van der Waals surface area contributed by atoms with Crippen LogP contribution in [0.4, 0.5) is 5.69 Å². The molecule has 120 valence electrons. The van der Waals surface area contributed by atoms with Gasteiger partial charge in [-0.25, -0.2) is 0 Å². The largest absolute Gasteiger partial charge is 0.371 e. The summed E-state index contributed by atoms with van der Waals surface area (Å²) in [7, 11) is 0. The van der Waals surface area contributed by atoms with Crippen LogP contribution in [-0.4, -0.2) is 38.7 Å². The molecule has 0 saturated carbocycles. The van der Waals surface area contributed by atoms with Gasteiger partial charge in [-0.15, -0.1) is 6.58 Å². The Hall–Kier alpha value is -1.49. The lowest BCUT2D eigenvalue weighted by Gasteiger charge is -2.18. The number of halogens is 1. The molecular weight excluding hydrogens is 340 g/mol. The maximum Gasteiger partial charge on any atom is 0.191 e. The number of hydrogen-bond donors (Lipinski definition) is 2. The van der Waals surface area contributed by atoms with E-state index >= 15 is 0 Å². The molecule has 5 heteroatoms. The number of hydrogen-bond acceptors (Lipinski definition) is 2. The first-order valence-electron chi connectivity index (χ1n) is 7.86. The van der Waals surface area contributed by atoms with Gasteiger partial charge in [0.1, 0.15) is 0 Å². The fourth-order valence-electron chi connectivity index (χ4n) is 2.60. The molecule has 0 radical (unpaired) electrons. The van der Waals surface area contributed by atoms with Crippen LogP contribution in [0.2, 0.25) is 0 Å². The predicted molar refractivity (Wildman–Crippen MR) is 98.6 cm³/mol. The van der Waals surface area contributed by atoms with Gasteiger partial charge < -0.3 is 15.5 Å². The van der Waals surface area contributed by atoms with Crippen molar-refractivity contribution in [2.45, 2.75) is 13.3 Å². The average Bonchev–Trinajstić information content (AvgIpc) is 3.00. The molecule has 0 spiro atoms. The number of benzene rings is 1. The van der Waals surface area contributed by atoms with Gasteiger partial charge in [-0.3, -0.25) is 4.99 Å². The Labute approximate surface area is 141 Å². The molecule has 2 N–H and O–H groups in total. The van der Waals surface area contributed by atoms with Gasteiger partial charge in [0, 0.05) is 42.9 Å². The van der Waals surface area contributed by atoms with Crippen molar-refractivity contribution in [2.75, 3.05) is 37.6 Å². The number of aliphatic imine (C=N–C) groups is 1. The Balaban J connectivity index is 1.86. The lowest BCUT2D eigenvalue weighted by molar-refractivity contribution is 0.600. The Morgan fingerprint density at radius 3 is 2.86 bits per heavy atom. The first-order chi connectivity index (χ1) is 10.7. The lowest BCUT2D eigenvalue weighted by Crippen LogP contribution is -2.37. The van der Waals surface area contributed by atoms with Crippen LogP contribution in [0.25, 0.3) is 0 Å². The maximum atomic E-state index is 4.69. The van der Waals surface area contributed by atoms with Crippen molar-refractivity contribution in [3.63, 3.8) is 0 Å². The SMILES string of the molecule is C=CCNC(=NCC1CCN(c2ccc(Br)cc2)C1)NCC. The Morgan fingerprint density at radius 1 is 1.41 bits per heavy atom. The standard InChI is InChI=1S/C17H25BrN4/c1-3-10-20-17(19-4-2)21-12-14-9-11-22(13-14)16-7-5-15(18)6-8-16/h3,5-8,14H,1,4,9-13H2,2H3,(H2,19,20,21). The molecule has 4 nitrogen and oxygen atoms in total. The van der Waals surface area contributed by atoms with E-state index < -0.39 is 0 Å². The summed E-state index contributed by atoms with van der Waals surface area (Å²) < 4.78 is 1.13. The molecule has 1 aliphatic heterocycles.